The van der Waals surface area contributed by atoms with Gasteiger partial charge >= 0.3 is 6.16 Å². The molecular weight excluding hydrogens is 314 g/mol. The summed E-state index contributed by atoms with van der Waals surface area (Å²) in [5, 5.41) is 1.02. The number of hydrogen-bond donors (Lipinski definition) is 0. The van der Waals surface area contributed by atoms with Gasteiger partial charge in [0.15, 0.2) is 5.60 Å². The first kappa shape index (κ1) is 14.5. The summed E-state index contributed by atoms with van der Waals surface area (Å²) in [5.41, 5.74) is 0.279. The summed E-state index contributed by atoms with van der Waals surface area (Å²) in [4.78, 5) is 27.1. The number of nitrogens with zero attached hydrogens (tertiary/aromatic N) is 1. The highest BCUT2D eigenvalue weighted by Crippen LogP contribution is 2.35. The van der Waals surface area contributed by atoms with E-state index >= 15 is 0 Å². The largest absolute Gasteiger partial charge is 0.509 e. The molecule has 1 aromatic heterocycles. The number of benzene rings is 1. The number of fused-ring (bicyclic) bond motifs is 1. The Balaban J connectivity index is 1.56. The highest BCUT2D eigenvalue weighted by molar-refractivity contribution is 7.19. The summed E-state index contributed by atoms with van der Waals surface area (Å²) in [5.74, 6) is 0.0695. The molecule has 0 atom stereocenters. The molecule has 0 bridgehead atoms. The Kier molecular flexibility index (Phi) is 3.30. The molecule has 1 aromatic carbocycles. The van der Waals surface area contributed by atoms with Crippen LogP contribution in [0.4, 0.5) is 4.79 Å². The quantitative estimate of drug-likeness (QED) is 0.752. The van der Waals surface area contributed by atoms with E-state index in [1.807, 2.05) is 36.1 Å². The van der Waals surface area contributed by atoms with Crippen molar-refractivity contribution in [3.63, 3.8) is 0 Å². The minimum atomic E-state index is -0.593. The fourth-order valence-electron chi connectivity index (χ4n) is 3.38. The molecule has 1 spiro atoms. The first-order valence-electron chi connectivity index (χ1n) is 7.71. The second-order valence-corrected chi connectivity index (χ2v) is 7.40. The summed E-state index contributed by atoms with van der Waals surface area (Å²) in [7, 11) is 0. The number of carbonyl (C=O) groups excluding carboxylic acids is 2. The van der Waals surface area contributed by atoms with Crippen molar-refractivity contribution in [2.24, 2.45) is 0 Å². The van der Waals surface area contributed by atoms with E-state index in [2.05, 4.69) is 0 Å². The van der Waals surface area contributed by atoms with E-state index in [-0.39, 0.29) is 5.91 Å². The topological polar surface area (TPSA) is 55.8 Å². The Morgan fingerprint density at radius 1 is 1.26 bits per heavy atom. The number of thiophene rings is 1. The van der Waals surface area contributed by atoms with Gasteiger partial charge in [-0.25, -0.2) is 4.79 Å². The normalized spacial score (nSPS) is 19.9. The number of ether oxygens (including phenoxy) is 2. The van der Waals surface area contributed by atoms with Crippen molar-refractivity contribution in [1.29, 1.82) is 0 Å². The monoisotopic (exact) mass is 331 g/mol. The Morgan fingerprint density at radius 2 is 2.00 bits per heavy atom. The molecule has 0 radical (unpaired) electrons. The predicted octanol–water partition coefficient (Wildman–Crippen LogP) is 3.35. The average Bonchev–Trinajstić information content (AvgIpc) is 3.07. The minimum absolute atomic E-state index is 0.0695. The van der Waals surface area contributed by atoms with Crippen molar-refractivity contribution in [3.05, 3.63) is 34.7 Å². The van der Waals surface area contributed by atoms with E-state index in [0.29, 0.717) is 32.5 Å². The van der Waals surface area contributed by atoms with Crippen molar-refractivity contribution in [1.82, 2.24) is 4.90 Å². The first-order valence-corrected chi connectivity index (χ1v) is 8.53. The zero-order chi connectivity index (χ0) is 16.0. The van der Waals surface area contributed by atoms with Crippen LogP contribution in [0.2, 0.25) is 0 Å². The molecule has 2 aliphatic rings. The zero-order valence-corrected chi connectivity index (χ0v) is 13.6. The van der Waals surface area contributed by atoms with Gasteiger partial charge < -0.3 is 14.4 Å². The van der Waals surface area contributed by atoms with Crippen molar-refractivity contribution in [2.75, 3.05) is 19.7 Å². The molecule has 0 N–H and O–H groups in total. The van der Waals surface area contributed by atoms with Crippen LogP contribution >= 0.6 is 11.3 Å². The van der Waals surface area contributed by atoms with Gasteiger partial charge in [-0.3, -0.25) is 4.79 Å². The molecule has 23 heavy (non-hydrogen) atoms. The highest BCUT2D eigenvalue weighted by Gasteiger charge is 2.45. The number of amides is 1. The second kappa shape index (κ2) is 5.23. The summed E-state index contributed by atoms with van der Waals surface area (Å²) in [6.45, 7) is 3.46. The van der Waals surface area contributed by atoms with E-state index in [4.69, 9.17) is 9.47 Å². The van der Waals surface area contributed by atoms with Crippen LogP contribution in [0.5, 0.6) is 0 Å². The minimum Gasteiger partial charge on any atom is -0.430 e. The summed E-state index contributed by atoms with van der Waals surface area (Å²) in [6, 6.07) is 8.01. The van der Waals surface area contributed by atoms with E-state index in [0.717, 1.165) is 20.5 Å². The Hall–Kier alpha value is -2.08. The SMILES string of the molecule is Cc1sc2ccccc2c1C(=O)N1CCC2(CC1)COC(=O)O2. The molecule has 0 aliphatic carbocycles. The summed E-state index contributed by atoms with van der Waals surface area (Å²) in [6.07, 6.45) is 0.668. The van der Waals surface area contributed by atoms with Crippen LogP contribution in [0.25, 0.3) is 10.1 Å². The van der Waals surface area contributed by atoms with Gasteiger partial charge in [0.05, 0.1) is 5.56 Å². The van der Waals surface area contributed by atoms with Crippen LogP contribution in [0, 0.1) is 6.92 Å². The number of hydrogen-bond acceptors (Lipinski definition) is 5. The van der Waals surface area contributed by atoms with Gasteiger partial charge in [-0.05, 0) is 13.0 Å². The van der Waals surface area contributed by atoms with Gasteiger partial charge in [0.25, 0.3) is 5.91 Å². The number of aryl methyl sites for hydroxylation is 1. The molecule has 5 nitrogen and oxygen atoms in total. The maximum atomic E-state index is 13.0. The van der Waals surface area contributed by atoms with Crippen LogP contribution in [0.1, 0.15) is 28.1 Å². The molecule has 6 heteroatoms. The molecule has 0 unspecified atom stereocenters. The Bertz CT molecular complexity index is 789. The Morgan fingerprint density at radius 3 is 2.70 bits per heavy atom. The lowest BCUT2D eigenvalue weighted by Crippen LogP contribution is -2.48. The number of piperidine rings is 1. The third-order valence-corrected chi connectivity index (χ3v) is 5.79. The van der Waals surface area contributed by atoms with Crippen LogP contribution in [-0.2, 0) is 9.47 Å². The molecule has 0 saturated carbocycles. The lowest BCUT2D eigenvalue weighted by atomic mass is 9.92. The van der Waals surface area contributed by atoms with Crippen molar-refractivity contribution < 1.29 is 19.1 Å². The summed E-state index contributed by atoms with van der Waals surface area (Å²) >= 11 is 1.65. The first-order chi connectivity index (χ1) is 11.1. The van der Waals surface area contributed by atoms with Crippen molar-refractivity contribution in [2.45, 2.75) is 25.4 Å². The number of likely N-dealkylation sites (tertiary alicyclic amines) is 1. The average molecular weight is 331 g/mol. The third kappa shape index (κ3) is 2.37. The van der Waals surface area contributed by atoms with E-state index < -0.39 is 11.8 Å². The van der Waals surface area contributed by atoms with E-state index in [9.17, 15) is 9.59 Å². The third-order valence-electron chi connectivity index (χ3n) is 4.70. The molecule has 2 aliphatic heterocycles. The fourth-order valence-corrected chi connectivity index (χ4v) is 4.44. The Labute approximate surface area is 137 Å². The predicted molar refractivity (Wildman–Crippen MR) is 86.9 cm³/mol. The van der Waals surface area contributed by atoms with Crippen molar-refractivity contribution in [3.8, 4) is 0 Å². The molecule has 1 amide bonds. The van der Waals surface area contributed by atoms with Gasteiger partial charge in [0.1, 0.15) is 6.61 Å². The smallest absolute Gasteiger partial charge is 0.430 e. The molecule has 2 saturated heterocycles. The van der Waals surface area contributed by atoms with Crippen LogP contribution < -0.4 is 0 Å². The highest BCUT2D eigenvalue weighted by atomic mass is 32.1. The van der Waals surface area contributed by atoms with Gasteiger partial charge in [0.2, 0.25) is 0 Å². The van der Waals surface area contributed by atoms with Crippen LogP contribution in [0.3, 0.4) is 0 Å². The van der Waals surface area contributed by atoms with Gasteiger partial charge in [-0.15, -0.1) is 11.3 Å². The second-order valence-electron chi connectivity index (χ2n) is 6.15. The molecule has 2 fully saturated rings. The van der Waals surface area contributed by atoms with E-state index in [1.54, 1.807) is 11.3 Å². The molecule has 2 aromatic rings. The van der Waals surface area contributed by atoms with Gasteiger partial charge in [-0.2, -0.15) is 0 Å². The maximum Gasteiger partial charge on any atom is 0.509 e. The fraction of sp³-hybridized carbons (Fsp3) is 0.412. The molecular formula is C17H17NO4S. The van der Waals surface area contributed by atoms with Crippen molar-refractivity contribution >= 4 is 33.5 Å². The lowest BCUT2D eigenvalue weighted by Gasteiger charge is -2.36. The number of cyclic esters (lactones) is 1. The molecule has 4 rings (SSSR count). The van der Waals surface area contributed by atoms with E-state index in [1.165, 1.54) is 0 Å². The van der Waals surface area contributed by atoms with Crippen LogP contribution in [-0.4, -0.2) is 42.3 Å². The zero-order valence-electron chi connectivity index (χ0n) is 12.8. The number of rotatable bonds is 1. The van der Waals surface area contributed by atoms with Gasteiger partial charge in [-0.1, -0.05) is 18.2 Å². The standard InChI is InChI=1S/C17H17NO4S/c1-11-14(12-4-2-3-5-13(12)23-11)15(19)18-8-6-17(7-9-18)10-21-16(20)22-17/h2-5H,6-10H2,1H3. The lowest BCUT2D eigenvalue weighted by molar-refractivity contribution is 0.00287. The molecule has 120 valence electrons. The van der Waals surface area contributed by atoms with Crippen LogP contribution in [0.15, 0.2) is 24.3 Å². The number of carbonyl (C=O) groups is 2. The van der Waals surface area contributed by atoms with Gasteiger partial charge in [0, 0.05) is 40.9 Å². The molecule has 3 heterocycles. The summed E-state index contributed by atoms with van der Waals surface area (Å²) < 4.78 is 11.4. The maximum absolute atomic E-state index is 13.0.